The van der Waals surface area contributed by atoms with Gasteiger partial charge in [-0.15, -0.1) is 11.3 Å². The largest absolute Gasteiger partial charge is 0.334 e. The zero-order valence-corrected chi connectivity index (χ0v) is 23.5. The number of thiophene rings is 1. The second-order valence-corrected chi connectivity index (χ2v) is 13.3. The van der Waals surface area contributed by atoms with Crippen molar-refractivity contribution in [3.63, 3.8) is 0 Å². The summed E-state index contributed by atoms with van der Waals surface area (Å²) in [5, 5.41) is 0. The van der Waals surface area contributed by atoms with Crippen LogP contribution in [-0.4, -0.2) is 46.9 Å². The first-order chi connectivity index (χ1) is 16.4. The van der Waals surface area contributed by atoms with Gasteiger partial charge in [-0.2, -0.15) is 0 Å². The van der Waals surface area contributed by atoms with Gasteiger partial charge in [0.25, 0.3) is 11.5 Å². The Morgan fingerprint density at radius 3 is 2.43 bits per heavy atom. The molecule has 1 amide bonds. The number of aryl methyl sites for hydroxylation is 3. The van der Waals surface area contributed by atoms with Gasteiger partial charge in [0.05, 0.1) is 12.1 Å². The molecule has 2 aromatic heterocycles. The van der Waals surface area contributed by atoms with E-state index in [2.05, 4.69) is 44.5 Å². The molecule has 0 spiro atoms. The number of carbonyl (C=O) groups excluding carboxylic acids is 1. The lowest BCUT2D eigenvalue weighted by molar-refractivity contribution is 0.0747. The van der Waals surface area contributed by atoms with E-state index < -0.39 is 0 Å². The van der Waals surface area contributed by atoms with E-state index in [0.29, 0.717) is 35.9 Å². The van der Waals surface area contributed by atoms with Gasteiger partial charge in [0.2, 0.25) is 0 Å². The molecule has 0 unspecified atom stereocenters. The van der Waals surface area contributed by atoms with Gasteiger partial charge in [0.1, 0.15) is 0 Å². The number of amides is 1. The van der Waals surface area contributed by atoms with E-state index in [0.717, 1.165) is 36.2 Å². The molecular formula is C29H43N3O2S. The molecule has 0 radical (unpaired) electrons. The predicted molar refractivity (Wildman–Crippen MR) is 146 cm³/mol. The summed E-state index contributed by atoms with van der Waals surface area (Å²) >= 11 is 1.88. The minimum Gasteiger partial charge on any atom is -0.334 e. The molecule has 1 fully saturated rings. The summed E-state index contributed by atoms with van der Waals surface area (Å²) in [4.78, 5) is 36.4. The monoisotopic (exact) mass is 497 g/mol. The Kier molecular flexibility index (Phi) is 7.63. The highest BCUT2D eigenvalue weighted by atomic mass is 32.1. The van der Waals surface area contributed by atoms with Crippen molar-refractivity contribution >= 4 is 17.2 Å². The summed E-state index contributed by atoms with van der Waals surface area (Å²) < 4.78 is 0. The average Bonchev–Trinajstić information content (AvgIpc) is 3.00. The van der Waals surface area contributed by atoms with Crippen molar-refractivity contribution in [3.8, 4) is 0 Å². The fraction of sp³-hybridized carbons (Fsp3) is 0.655. The maximum Gasteiger partial charge on any atom is 0.255 e. The van der Waals surface area contributed by atoms with E-state index in [-0.39, 0.29) is 11.5 Å². The number of likely N-dealkylation sites (tertiary alicyclic amines) is 1. The molecule has 0 saturated carbocycles. The molecule has 0 aromatic carbocycles. The minimum atomic E-state index is -0.0751. The van der Waals surface area contributed by atoms with Crippen LogP contribution in [0.3, 0.4) is 0 Å². The van der Waals surface area contributed by atoms with Crippen LogP contribution in [0.1, 0.15) is 95.4 Å². The summed E-state index contributed by atoms with van der Waals surface area (Å²) in [6, 6.07) is 1.99. The summed E-state index contributed by atoms with van der Waals surface area (Å²) in [6.07, 6.45) is 4.35. The number of pyridine rings is 1. The fourth-order valence-electron chi connectivity index (χ4n) is 6.09. The van der Waals surface area contributed by atoms with E-state index in [1.54, 1.807) is 0 Å². The van der Waals surface area contributed by atoms with Gasteiger partial charge in [-0.05, 0) is 94.0 Å². The number of H-pyrrole nitrogens is 1. The van der Waals surface area contributed by atoms with Crippen LogP contribution in [0.2, 0.25) is 0 Å². The van der Waals surface area contributed by atoms with Crippen LogP contribution in [-0.2, 0) is 13.0 Å². The highest BCUT2D eigenvalue weighted by Crippen LogP contribution is 2.42. The van der Waals surface area contributed by atoms with Crippen LogP contribution in [0.15, 0.2) is 10.9 Å². The number of nitrogens with one attached hydrogen (secondary N) is 1. The lowest BCUT2D eigenvalue weighted by Crippen LogP contribution is -2.40. The van der Waals surface area contributed by atoms with Gasteiger partial charge in [-0.25, -0.2) is 0 Å². The number of hydrogen-bond acceptors (Lipinski definition) is 4. The number of hydrogen-bond donors (Lipinski definition) is 1. The smallest absolute Gasteiger partial charge is 0.255 e. The molecule has 0 aliphatic carbocycles. The number of aromatic amines is 1. The maximum atomic E-state index is 13.8. The van der Waals surface area contributed by atoms with Crippen molar-refractivity contribution in [2.24, 2.45) is 11.3 Å². The second kappa shape index (κ2) is 10.2. The van der Waals surface area contributed by atoms with Gasteiger partial charge in [-0.1, -0.05) is 27.7 Å². The molecule has 2 aliphatic heterocycles. The topological polar surface area (TPSA) is 56.4 Å². The lowest BCUT2D eigenvalue weighted by Gasteiger charge is -2.38. The molecule has 1 saturated heterocycles. The van der Waals surface area contributed by atoms with Crippen LogP contribution < -0.4 is 5.56 Å². The van der Waals surface area contributed by atoms with E-state index in [1.807, 2.05) is 36.2 Å². The van der Waals surface area contributed by atoms with E-state index >= 15 is 0 Å². The molecule has 35 heavy (non-hydrogen) atoms. The number of aromatic nitrogens is 1. The van der Waals surface area contributed by atoms with E-state index in [4.69, 9.17) is 0 Å². The Morgan fingerprint density at radius 2 is 1.80 bits per heavy atom. The van der Waals surface area contributed by atoms with Gasteiger partial charge < -0.3 is 14.8 Å². The number of piperidine rings is 1. The molecule has 1 N–H and O–H groups in total. The number of fused-ring (bicyclic) bond motifs is 1. The normalized spacial score (nSPS) is 19.1. The molecule has 6 heteroatoms. The molecule has 0 bridgehead atoms. The number of carbonyl (C=O) groups is 1. The Morgan fingerprint density at radius 1 is 1.11 bits per heavy atom. The summed E-state index contributed by atoms with van der Waals surface area (Å²) in [5.74, 6) is 1.25. The van der Waals surface area contributed by atoms with Crippen LogP contribution in [0.4, 0.5) is 0 Å². The first-order valence-electron chi connectivity index (χ1n) is 13.3. The van der Waals surface area contributed by atoms with Crippen molar-refractivity contribution in [1.29, 1.82) is 0 Å². The van der Waals surface area contributed by atoms with Crippen LogP contribution in [0.25, 0.3) is 0 Å². The Labute approximate surface area is 214 Å². The van der Waals surface area contributed by atoms with Gasteiger partial charge in [0, 0.05) is 34.1 Å². The Bertz CT molecular complexity index is 1130. The molecule has 192 valence electrons. The predicted octanol–water partition coefficient (Wildman–Crippen LogP) is 5.81. The highest BCUT2D eigenvalue weighted by Gasteiger charge is 2.33. The SMILES string of the molecule is Cc1cc(C)c(CN2CCCc3sc([C@H](C)C4CCN(CC(C)(C)C)CC4)c(C)c3C2=O)c(=O)[nH]1. The third-order valence-electron chi connectivity index (χ3n) is 7.88. The van der Waals surface area contributed by atoms with E-state index in [9.17, 15) is 9.59 Å². The van der Waals surface area contributed by atoms with Crippen molar-refractivity contribution in [3.05, 3.63) is 54.1 Å². The molecule has 2 aromatic rings. The van der Waals surface area contributed by atoms with Crippen molar-refractivity contribution in [1.82, 2.24) is 14.8 Å². The van der Waals surface area contributed by atoms with Gasteiger partial charge >= 0.3 is 0 Å². The molecule has 2 aliphatic rings. The van der Waals surface area contributed by atoms with Gasteiger partial charge in [-0.3, -0.25) is 9.59 Å². The molecule has 4 heterocycles. The number of nitrogens with zero attached hydrogens (tertiary/aromatic N) is 2. The first kappa shape index (κ1) is 26.2. The maximum absolute atomic E-state index is 13.8. The fourth-order valence-corrected chi connectivity index (χ4v) is 7.58. The standard InChI is InChI=1S/C29H43N3O2S/c1-18-15-19(2)30-27(33)23(18)16-32-12-8-9-24-25(28(32)34)21(4)26(35-24)20(3)22-10-13-31(14-11-22)17-29(5,6)7/h15,20,22H,8-14,16-17H2,1-7H3,(H,30,33)/t20-/m1/s1. The number of rotatable bonds is 5. The third kappa shape index (κ3) is 5.75. The minimum absolute atomic E-state index is 0.0751. The Hall–Kier alpha value is -1.92. The van der Waals surface area contributed by atoms with Gasteiger partial charge in [0.15, 0.2) is 0 Å². The summed E-state index contributed by atoms with van der Waals surface area (Å²) in [7, 11) is 0. The highest BCUT2D eigenvalue weighted by molar-refractivity contribution is 7.12. The van der Waals surface area contributed by atoms with Crippen LogP contribution >= 0.6 is 11.3 Å². The van der Waals surface area contributed by atoms with Crippen molar-refractivity contribution in [2.75, 3.05) is 26.2 Å². The first-order valence-corrected chi connectivity index (χ1v) is 14.1. The second-order valence-electron chi connectivity index (χ2n) is 12.1. The molecular weight excluding hydrogens is 454 g/mol. The Balaban J connectivity index is 1.52. The third-order valence-corrected chi connectivity index (χ3v) is 9.44. The summed E-state index contributed by atoms with van der Waals surface area (Å²) in [6.45, 7) is 19.9. The lowest BCUT2D eigenvalue weighted by atomic mass is 9.82. The van der Waals surface area contributed by atoms with Crippen molar-refractivity contribution in [2.45, 2.75) is 86.6 Å². The molecule has 5 nitrogen and oxygen atoms in total. The van der Waals surface area contributed by atoms with E-state index in [1.165, 1.54) is 41.2 Å². The molecule has 4 rings (SSSR count). The quantitative estimate of drug-likeness (QED) is 0.567. The molecule has 1 atom stereocenters. The summed E-state index contributed by atoms with van der Waals surface area (Å²) in [5.41, 5.74) is 4.88. The van der Waals surface area contributed by atoms with Crippen LogP contribution in [0, 0.1) is 32.1 Å². The average molecular weight is 498 g/mol. The van der Waals surface area contributed by atoms with Crippen LogP contribution in [0.5, 0.6) is 0 Å². The zero-order chi connectivity index (χ0) is 25.5. The van der Waals surface area contributed by atoms with Crippen molar-refractivity contribution < 1.29 is 4.79 Å². The zero-order valence-electron chi connectivity index (χ0n) is 22.7.